The lowest BCUT2D eigenvalue weighted by atomic mass is 9.44. The number of fused-ring (bicyclic) bond motifs is 5. The van der Waals surface area contributed by atoms with Gasteiger partial charge in [0.25, 0.3) is 0 Å². The van der Waals surface area contributed by atoms with E-state index < -0.39 is 0 Å². The van der Waals surface area contributed by atoms with Gasteiger partial charge in [-0.3, -0.25) is 0 Å². The van der Waals surface area contributed by atoms with E-state index in [1.165, 1.54) is 89.9 Å². The fourth-order valence-corrected chi connectivity index (χ4v) is 16.7. The fraction of sp³-hybridized carbons (Fsp3) is 0.556. The Morgan fingerprint density at radius 3 is 2.20 bits per heavy atom. The molecule has 11 aliphatic carbocycles. The molecule has 0 heteroatoms. The van der Waals surface area contributed by atoms with E-state index in [1.54, 1.807) is 27.9 Å². The molecule has 0 aromatic heterocycles. The molecule has 0 bridgehead atoms. The van der Waals surface area contributed by atoms with Gasteiger partial charge in [0.05, 0.1) is 0 Å². The molecule has 0 aliphatic heterocycles. The van der Waals surface area contributed by atoms with Crippen molar-refractivity contribution < 1.29 is 0 Å². The second kappa shape index (κ2) is 13.2. The fourth-order valence-electron chi connectivity index (χ4n) is 16.7. The Morgan fingerprint density at radius 2 is 1.37 bits per heavy atom. The van der Waals surface area contributed by atoms with Gasteiger partial charge in [0.1, 0.15) is 0 Å². The van der Waals surface area contributed by atoms with Crippen molar-refractivity contribution in [1.29, 1.82) is 0 Å². The highest BCUT2D eigenvalue weighted by molar-refractivity contribution is 5.57. The maximum Gasteiger partial charge on any atom is -0.00590 e. The summed E-state index contributed by atoms with van der Waals surface area (Å²) in [6, 6.07) is 11.8. The van der Waals surface area contributed by atoms with E-state index in [0.29, 0.717) is 29.6 Å². The Hall–Kier alpha value is -3.12. The minimum absolute atomic E-state index is 0.663. The molecule has 0 saturated heterocycles. The molecule has 0 nitrogen and oxygen atoms in total. The summed E-state index contributed by atoms with van der Waals surface area (Å²) in [5, 5.41) is 0. The SMILES string of the molecule is C1=CCC(C2C=CC3=CC4=C(C5=CCCC=C5)C5C6CC7CC(c8ccccc8)CC8CCC9CCC(C5C(C5=CCCC=C5)C4CC3C2)C6C9C87)C=C1. The lowest BCUT2D eigenvalue weighted by Gasteiger charge is -2.61. The van der Waals surface area contributed by atoms with E-state index in [9.17, 15) is 0 Å². The molecule has 16 atom stereocenters. The Labute approximate surface area is 326 Å². The first-order chi connectivity index (χ1) is 26.8. The number of rotatable bonds is 4. The third-order valence-corrected chi connectivity index (χ3v) is 18.3. The van der Waals surface area contributed by atoms with Crippen LogP contribution < -0.4 is 0 Å². The summed E-state index contributed by atoms with van der Waals surface area (Å²) in [6.07, 6.45) is 52.8. The van der Waals surface area contributed by atoms with Crippen molar-refractivity contribution in [2.75, 3.05) is 0 Å². The molecule has 278 valence electrons. The van der Waals surface area contributed by atoms with Crippen LogP contribution in [0, 0.1) is 88.8 Å². The van der Waals surface area contributed by atoms with Gasteiger partial charge in [-0.25, -0.2) is 0 Å². The molecule has 16 unspecified atom stereocenters. The summed E-state index contributed by atoms with van der Waals surface area (Å²) in [7, 11) is 0. The molecule has 1 aromatic carbocycles. The molecule has 0 spiro atoms. The molecule has 5 fully saturated rings. The molecular formula is C54H62. The first kappa shape index (κ1) is 33.1. The second-order valence-electron chi connectivity index (χ2n) is 20.3. The molecule has 12 rings (SSSR count). The lowest BCUT2D eigenvalue weighted by molar-refractivity contribution is -0.113. The van der Waals surface area contributed by atoms with Gasteiger partial charge < -0.3 is 0 Å². The zero-order valence-corrected chi connectivity index (χ0v) is 32.5. The summed E-state index contributed by atoms with van der Waals surface area (Å²) in [4.78, 5) is 0. The van der Waals surface area contributed by atoms with E-state index in [1.807, 2.05) is 5.57 Å². The molecular weight excluding hydrogens is 649 g/mol. The summed E-state index contributed by atoms with van der Waals surface area (Å²) < 4.78 is 0. The second-order valence-corrected chi connectivity index (χ2v) is 20.3. The van der Waals surface area contributed by atoms with E-state index in [0.717, 1.165) is 65.1 Å². The highest BCUT2D eigenvalue weighted by atomic mass is 14.7. The first-order valence-electron chi connectivity index (χ1n) is 23.0. The predicted octanol–water partition coefficient (Wildman–Crippen LogP) is 13.5. The third-order valence-electron chi connectivity index (χ3n) is 18.3. The Bertz CT molecular complexity index is 1930. The van der Waals surface area contributed by atoms with Crippen molar-refractivity contribution in [2.45, 2.75) is 95.8 Å². The highest BCUT2D eigenvalue weighted by Crippen LogP contribution is 2.74. The minimum Gasteiger partial charge on any atom is -0.0840 e. The maximum atomic E-state index is 2.84. The van der Waals surface area contributed by atoms with E-state index >= 15 is 0 Å². The summed E-state index contributed by atoms with van der Waals surface area (Å²) in [5.41, 5.74) is 10.4. The smallest absolute Gasteiger partial charge is 0.00590 e. The van der Waals surface area contributed by atoms with Crippen LogP contribution in [0.2, 0.25) is 0 Å². The third kappa shape index (κ3) is 5.12. The molecule has 0 heterocycles. The van der Waals surface area contributed by atoms with Crippen LogP contribution >= 0.6 is 0 Å². The van der Waals surface area contributed by atoms with Crippen LogP contribution in [0.4, 0.5) is 0 Å². The number of hydrogen-bond acceptors (Lipinski definition) is 0. The van der Waals surface area contributed by atoms with Crippen LogP contribution in [0.25, 0.3) is 0 Å². The van der Waals surface area contributed by atoms with Gasteiger partial charge in [-0.15, -0.1) is 0 Å². The lowest BCUT2D eigenvalue weighted by Crippen LogP contribution is -2.54. The number of benzene rings is 1. The van der Waals surface area contributed by atoms with Gasteiger partial charge in [0, 0.05) is 0 Å². The monoisotopic (exact) mass is 710 g/mol. The van der Waals surface area contributed by atoms with Gasteiger partial charge >= 0.3 is 0 Å². The van der Waals surface area contributed by atoms with Crippen molar-refractivity contribution in [3.8, 4) is 0 Å². The quantitative estimate of drug-likeness (QED) is 0.292. The molecule has 0 radical (unpaired) electrons. The van der Waals surface area contributed by atoms with Crippen LogP contribution in [0.15, 0.2) is 137 Å². The highest BCUT2D eigenvalue weighted by Gasteiger charge is 2.67. The Balaban J connectivity index is 1.01. The number of hydrogen-bond donors (Lipinski definition) is 0. The molecule has 11 aliphatic rings. The molecule has 0 N–H and O–H groups in total. The van der Waals surface area contributed by atoms with Crippen molar-refractivity contribution in [2.24, 2.45) is 88.8 Å². The van der Waals surface area contributed by atoms with E-state index in [-0.39, 0.29) is 0 Å². The van der Waals surface area contributed by atoms with Crippen LogP contribution in [0.1, 0.15) is 101 Å². The zero-order chi connectivity index (χ0) is 35.3. The van der Waals surface area contributed by atoms with Crippen LogP contribution in [-0.4, -0.2) is 0 Å². The summed E-state index contributed by atoms with van der Waals surface area (Å²) in [5.74, 6) is 13.4. The summed E-state index contributed by atoms with van der Waals surface area (Å²) >= 11 is 0. The topological polar surface area (TPSA) is 0 Å². The number of allylic oxidation sites excluding steroid dienone is 18. The van der Waals surface area contributed by atoms with Crippen molar-refractivity contribution in [3.05, 3.63) is 143 Å². The molecule has 1 aromatic rings. The maximum absolute atomic E-state index is 2.84. The van der Waals surface area contributed by atoms with Gasteiger partial charge in [-0.2, -0.15) is 0 Å². The van der Waals surface area contributed by atoms with Gasteiger partial charge in [0.15, 0.2) is 0 Å². The first-order valence-corrected chi connectivity index (χ1v) is 23.0. The average molecular weight is 711 g/mol. The van der Waals surface area contributed by atoms with Crippen molar-refractivity contribution in [1.82, 2.24) is 0 Å². The molecule has 54 heavy (non-hydrogen) atoms. The largest absolute Gasteiger partial charge is 0.0840 e. The Morgan fingerprint density at radius 1 is 0.519 bits per heavy atom. The predicted molar refractivity (Wildman–Crippen MR) is 223 cm³/mol. The standard InChI is InChI=1S/C54H62/c1-5-13-33(14-6-1)38-22-23-39-30-45-46(31-42(39)27-38)49(35-17-9-3-10-18-35)53-44-26-25-37-21-24-40-28-41(34-15-7-2-8-16-34)29-43-32-47(52(44)51(37)48(40)43)54(53)50(45)36-19-11-4-12-20-36/h1-2,5-9,11,13,15-20,22-23,30,33,37-38,40-44,46-49,51-54H,3-4,10,12,14,21,24-29,31-32H2. The zero-order valence-electron chi connectivity index (χ0n) is 32.5. The van der Waals surface area contributed by atoms with Gasteiger partial charge in [0.2, 0.25) is 0 Å². The summed E-state index contributed by atoms with van der Waals surface area (Å²) in [6.45, 7) is 0. The van der Waals surface area contributed by atoms with Crippen LogP contribution in [0.5, 0.6) is 0 Å². The van der Waals surface area contributed by atoms with Gasteiger partial charge in [-0.1, -0.05) is 109 Å². The van der Waals surface area contributed by atoms with Crippen LogP contribution in [-0.2, 0) is 0 Å². The van der Waals surface area contributed by atoms with Crippen LogP contribution in [0.3, 0.4) is 0 Å². The average Bonchev–Trinajstić information content (AvgIpc) is 3.56. The minimum atomic E-state index is 0.663. The van der Waals surface area contributed by atoms with Gasteiger partial charge in [-0.05, 0) is 218 Å². The van der Waals surface area contributed by atoms with E-state index in [2.05, 4.69) is 109 Å². The van der Waals surface area contributed by atoms with Crippen molar-refractivity contribution >= 4 is 0 Å². The molecule has 5 saturated carbocycles. The van der Waals surface area contributed by atoms with E-state index in [4.69, 9.17) is 0 Å². The Kier molecular flexibility index (Phi) is 8.10. The molecule has 0 amide bonds. The normalized spacial score (nSPS) is 46.5. The van der Waals surface area contributed by atoms with Crippen molar-refractivity contribution in [3.63, 3.8) is 0 Å².